The van der Waals surface area contributed by atoms with Crippen molar-refractivity contribution in [2.75, 3.05) is 18.2 Å². The van der Waals surface area contributed by atoms with Crippen LogP contribution < -0.4 is 4.90 Å². The second kappa shape index (κ2) is 7.09. The van der Waals surface area contributed by atoms with Crippen LogP contribution in [0.3, 0.4) is 0 Å². The molecule has 3 aromatic rings. The normalized spacial score (nSPS) is 12.3. The van der Waals surface area contributed by atoms with Crippen molar-refractivity contribution < 1.29 is 4.21 Å². The van der Waals surface area contributed by atoms with Crippen LogP contribution in [0, 0.1) is 0 Å². The van der Waals surface area contributed by atoms with Crippen LogP contribution in [0.5, 0.6) is 0 Å². The van der Waals surface area contributed by atoms with Gasteiger partial charge in [0.15, 0.2) is 0 Å². The number of pyridine rings is 1. The van der Waals surface area contributed by atoms with Gasteiger partial charge in [0.2, 0.25) is 0 Å². The van der Waals surface area contributed by atoms with Crippen molar-refractivity contribution >= 4 is 50.7 Å². The van der Waals surface area contributed by atoms with E-state index in [2.05, 4.69) is 4.98 Å². The molecule has 3 rings (SSSR count). The zero-order valence-corrected chi connectivity index (χ0v) is 15.6. The van der Waals surface area contributed by atoms with Crippen LogP contribution in [-0.2, 0) is 17.3 Å². The number of nitrogens with zero attached hydrogens (tertiary/aromatic N) is 2. The molecule has 1 heterocycles. The first-order valence-electron chi connectivity index (χ1n) is 7.34. The number of benzene rings is 2. The molecule has 0 fully saturated rings. The third-order valence-corrected chi connectivity index (χ3v) is 5.54. The molecule has 0 saturated carbocycles. The molecule has 24 heavy (non-hydrogen) atoms. The van der Waals surface area contributed by atoms with Crippen molar-refractivity contribution in [1.29, 1.82) is 0 Å². The summed E-state index contributed by atoms with van der Waals surface area (Å²) in [4.78, 5) is 7.50. The zero-order chi connectivity index (χ0) is 17.3. The summed E-state index contributed by atoms with van der Waals surface area (Å²) in [5.41, 5.74) is 1.82. The number of halogens is 2. The Morgan fingerprint density at radius 3 is 2.38 bits per heavy atom. The standard InChI is InChI=1S/C18H16Cl2N2OS/c1-22(11-12-3-7-14(8-4-12)24(2)23)16-10-6-13-5-9-15(19)17(20)18(13)21-16/h3-10H,11H2,1-2H3/t24-/m0/s1. The first kappa shape index (κ1) is 17.2. The van der Waals surface area contributed by atoms with Gasteiger partial charge in [-0.3, -0.25) is 4.21 Å². The fourth-order valence-corrected chi connectivity index (χ4v) is 3.36. The van der Waals surface area contributed by atoms with Crippen molar-refractivity contribution in [3.8, 4) is 0 Å². The van der Waals surface area contributed by atoms with Crippen LogP contribution in [0.2, 0.25) is 10.0 Å². The predicted molar refractivity (Wildman–Crippen MR) is 103 cm³/mol. The van der Waals surface area contributed by atoms with Gasteiger partial charge in [0.1, 0.15) is 5.82 Å². The number of hydrogen-bond donors (Lipinski definition) is 0. The van der Waals surface area contributed by atoms with E-state index in [1.165, 1.54) is 0 Å². The second-order valence-electron chi connectivity index (χ2n) is 5.56. The van der Waals surface area contributed by atoms with Gasteiger partial charge in [0, 0.05) is 40.9 Å². The lowest BCUT2D eigenvalue weighted by Gasteiger charge is -2.19. The van der Waals surface area contributed by atoms with Crippen molar-refractivity contribution in [2.45, 2.75) is 11.4 Å². The Balaban J connectivity index is 1.86. The summed E-state index contributed by atoms with van der Waals surface area (Å²) in [5, 5.41) is 1.93. The van der Waals surface area contributed by atoms with Gasteiger partial charge in [-0.2, -0.15) is 0 Å². The Morgan fingerprint density at radius 2 is 1.71 bits per heavy atom. The lowest BCUT2D eigenvalue weighted by molar-refractivity contribution is 0.687. The van der Waals surface area contributed by atoms with Crippen LogP contribution in [0.1, 0.15) is 5.56 Å². The largest absolute Gasteiger partial charge is 0.355 e. The van der Waals surface area contributed by atoms with Crippen molar-refractivity contribution in [1.82, 2.24) is 4.98 Å². The molecular weight excluding hydrogens is 363 g/mol. The molecule has 1 aromatic heterocycles. The molecular formula is C18H16Cl2N2OS. The number of hydrogen-bond acceptors (Lipinski definition) is 3. The first-order chi connectivity index (χ1) is 11.5. The Kier molecular flexibility index (Phi) is 5.09. The summed E-state index contributed by atoms with van der Waals surface area (Å²) < 4.78 is 11.5. The van der Waals surface area contributed by atoms with Crippen molar-refractivity contribution in [3.63, 3.8) is 0 Å². The highest BCUT2D eigenvalue weighted by Crippen LogP contribution is 2.30. The van der Waals surface area contributed by atoms with E-state index in [1.54, 1.807) is 12.3 Å². The third kappa shape index (κ3) is 3.56. The average molecular weight is 379 g/mol. The van der Waals surface area contributed by atoms with E-state index in [1.807, 2.05) is 54.4 Å². The maximum atomic E-state index is 11.5. The number of aromatic nitrogens is 1. The van der Waals surface area contributed by atoms with Crippen LogP contribution in [0.25, 0.3) is 10.9 Å². The van der Waals surface area contributed by atoms with E-state index in [-0.39, 0.29) is 0 Å². The number of rotatable bonds is 4. The molecule has 0 saturated heterocycles. The minimum Gasteiger partial charge on any atom is -0.355 e. The third-order valence-electron chi connectivity index (χ3n) is 3.80. The minimum atomic E-state index is -0.960. The van der Waals surface area contributed by atoms with E-state index in [0.717, 1.165) is 21.7 Å². The van der Waals surface area contributed by atoms with Crippen LogP contribution in [-0.4, -0.2) is 22.5 Å². The summed E-state index contributed by atoms with van der Waals surface area (Å²) in [5.74, 6) is 0.815. The molecule has 0 bridgehead atoms. The second-order valence-corrected chi connectivity index (χ2v) is 7.72. The van der Waals surface area contributed by atoms with Crippen molar-refractivity contribution in [3.05, 3.63) is 64.1 Å². The molecule has 124 valence electrons. The fourth-order valence-electron chi connectivity index (χ4n) is 2.47. The van der Waals surface area contributed by atoms with Crippen molar-refractivity contribution in [2.24, 2.45) is 0 Å². The molecule has 0 spiro atoms. The topological polar surface area (TPSA) is 33.2 Å². The van der Waals surface area contributed by atoms with E-state index in [0.29, 0.717) is 22.1 Å². The summed E-state index contributed by atoms with van der Waals surface area (Å²) in [6.45, 7) is 0.688. The molecule has 2 aromatic carbocycles. The Bertz CT molecular complexity index is 913. The Hall–Kier alpha value is -1.62. The quantitative estimate of drug-likeness (QED) is 0.646. The van der Waals surface area contributed by atoms with Crippen LogP contribution in [0.15, 0.2) is 53.4 Å². The summed E-state index contributed by atoms with van der Waals surface area (Å²) in [6.07, 6.45) is 1.68. The lowest BCUT2D eigenvalue weighted by atomic mass is 10.2. The molecule has 3 nitrogen and oxygen atoms in total. The Labute approximate surface area is 153 Å². The number of anilines is 1. The van der Waals surface area contributed by atoms with Crippen LogP contribution in [0.4, 0.5) is 5.82 Å². The molecule has 0 N–H and O–H groups in total. The summed E-state index contributed by atoms with van der Waals surface area (Å²) in [7, 11) is 1.01. The average Bonchev–Trinajstić information content (AvgIpc) is 2.58. The van der Waals surface area contributed by atoms with Crippen LogP contribution >= 0.6 is 23.2 Å². The highest BCUT2D eigenvalue weighted by atomic mass is 35.5. The van der Waals surface area contributed by atoms with Gasteiger partial charge >= 0.3 is 0 Å². The maximum absolute atomic E-state index is 11.5. The van der Waals surface area contributed by atoms with Gasteiger partial charge in [0.05, 0.1) is 15.6 Å². The van der Waals surface area contributed by atoms with E-state index in [9.17, 15) is 4.21 Å². The van der Waals surface area contributed by atoms with Gasteiger partial charge in [-0.15, -0.1) is 0 Å². The molecule has 6 heteroatoms. The van der Waals surface area contributed by atoms with Gasteiger partial charge in [-0.1, -0.05) is 41.4 Å². The highest BCUT2D eigenvalue weighted by Gasteiger charge is 2.09. The molecule has 0 amide bonds. The number of fused-ring (bicyclic) bond motifs is 1. The van der Waals surface area contributed by atoms with E-state index >= 15 is 0 Å². The minimum absolute atomic E-state index is 0.471. The van der Waals surface area contributed by atoms with Gasteiger partial charge < -0.3 is 4.90 Å². The highest BCUT2D eigenvalue weighted by molar-refractivity contribution is 7.84. The van der Waals surface area contributed by atoms with Gasteiger partial charge in [-0.25, -0.2) is 4.98 Å². The van der Waals surface area contributed by atoms with E-state index in [4.69, 9.17) is 23.2 Å². The fraction of sp³-hybridized carbons (Fsp3) is 0.167. The first-order valence-corrected chi connectivity index (χ1v) is 9.65. The summed E-state index contributed by atoms with van der Waals surface area (Å²) >= 11 is 12.3. The molecule has 0 radical (unpaired) electrons. The SMILES string of the molecule is CN(Cc1ccc([S@](C)=O)cc1)c1ccc2ccc(Cl)c(Cl)c2n1. The molecule has 0 unspecified atom stereocenters. The van der Waals surface area contributed by atoms with E-state index < -0.39 is 10.8 Å². The lowest BCUT2D eigenvalue weighted by Crippen LogP contribution is -2.17. The zero-order valence-electron chi connectivity index (χ0n) is 13.3. The molecule has 0 aliphatic carbocycles. The maximum Gasteiger partial charge on any atom is 0.129 e. The molecule has 1 atom stereocenters. The monoisotopic (exact) mass is 378 g/mol. The van der Waals surface area contributed by atoms with Gasteiger partial charge in [-0.05, 0) is 35.9 Å². The Morgan fingerprint density at radius 1 is 1.04 bits per heavy atom. The smallest absolute Gasteiger partial charge is 0.129 e. The molecule has 0 aliphatic rings. The predicted octanol–water partition coefficient (Wildman–Crippen LogP) is 4.92. The molecule has 0 aliphatic heterocycles. The van der Waals surface area contributed by atoms with Gasteiger partial charge in [0.25, 0.3) is 0 Å². The summed E-state index contributed by atoms with van der Waals surface area (Å²) in [6, 6.07) is 15.4.